The smallest absolute Gasteiger partial charge is 0.267 e. The van der Waals surface area contributed by atoms with Gasteiger partial charge in [0.05, 0.1) is 11.4 Å². The van der Waals surface area contributed by atoms with Crippen LogP contribution in [-0.4, -0.2) is 53.1 Å². The molecule has 0 spiro atoms. The molecule has 0 saturated carbocycles. The minimum Gasteiger partial charge on any atom is -0.368 e. The number of nitrogens with zero attached hydrogens (tertiary/aromatic N) is 3. The molecule has 2 heterocycles. The van der Waals surface area contributed by atoms with Crippen LogP contribution in [0.5, 0.6) is 0 Å². The highest BCUT2D eigenvalue weighted by Gasteiger charge is 2.19. The number of carbonyl (C=O) groups excluding carboxylic acids is 2. The van der Waals surface area contributed by atoms with E-state index in [9.17, 15) is 14.0 Å². The third kappa shape index (κ3) is 5.73. The van der Waals surface area contributed by atoms with E-state index >= 15 is 0 Å². The lowest BCUT2D eigenvalue weighted by atomic mass is 10.2. The molecule has 1 aliphatic rings. The molecule has 7 nitrogen and oxygen atoms in total. The first-order chi connectivity index (χ1) is 14.0. The Morgan fingerprint density at radius 2 is 1.59 bits per heavy atom. The van der Waals surface area contributed by atoms with Gasteiger partial charge < -0.3 is 9.80 Å². The Balaban J connectivity index is 1.55. The molecule has 1 aliphatic heterocycles. The summed E-state index contributed by atoms with van der Waals surface area (Å²) in [5, 5.41) is 8.49. The Labute approximate surface area is 167 Å². The predicted molar refractivity (Wildman–Crippen MR) is 107 cm³/mol. The second-order valence-electron chi connectivity index (χ2n) is 6.42. The molecule has 3 rings (SSSR count). The molecular weight excluding hydrogens is 375 g/mol. The van der Waals surface area contributed by atoms with Gasteiger partial charge in [0.1, 0.15) is 5.82 Å². The average Bonchev–Trinajstić information content (AvgIpc) is 2.76. The maximum atomic E-state index is 13.1. The number of aromatic nitrogens is 1. The van der Waals surface area contributed by atoms with E-state index in [1.54, 1.807) is 41.3 Å². The van der Waals surface area contributed by atoms with E-state index in [1.165, 1.54) is 29.8 Å². The van der Waals surface area contributed by atoms with Gasteiger partial charge in [-0.2, -0.15) is 0 Å². The Morgan fingerprint density at radius 3 is 2.21 bits per heavy atom. The van der Waals surface area contributed by atoms with Gasteiger partial charge in [0.15, 0.2) is 0 Å². The van der Waals surface area contributed by atoms with Gasteiger partial charge in [0, 0.05) is 44.0 Å². The zero-order chi connectivity index (χ0) is 20.6. The zero-order valence-corrected chi connectivity index (χ0v) is 15.7. The number of rotatable bonds is 5. The molecule has 2 N–H and O–H groups in total. The second kappa shape index (κ2) is 9.61. The quantitative estimate of drug-likeness (QED) is 0.459. The average molecular weight is 396 g/mol. The van der Waals surface area contributed by atoms with Crippen LogP contribution in [0.4, 0.5) is 10.1 Å². The van der Waals surface area contributed by atoms with Gasteiger partial charge in [-0.3, -0.25) is 14.8 Å². The Bertz CT molecular complexity index is 920. The van der Waals surface area contributed by atoms with Crippen molar-refractivity contribution in [1.29, 1.82) is 0 Å². The van der Waals surface area contributed by atoms with Crippen LogP contribution in [0.3, 0.4) is 0 Å². The minimum atomic E-state index is -0.650. The number of hydrogen-bond acceptors (Lipinski definition) is 5. The Hall–Kier alpha value is -3.52. The van der Waals surface area contributed by atoms with E-state index in [1.807, 2.05) is 0 Å². The summed E-state index contributed by atoms with van der Waals surface area (Å²) < 4.78 is 13.1. The van der Waals surface area contributed by atoms with Crippen LogP contribution in [0.1, 0.15) is 11.4 Å². The molecule has 2 aromatic rings. The fourth-order valence-corrected chi connectivity index (χ4v) is 2.95. The number of carbonyl (C=O) groups is 2. The third-order valence-corrected chi connectivity index (χ3v) is 4.49. The fourth-order valence-electron chi connectivity index (χ4n) is 2.95. The van der Waals surface area contributed by atoms with E-state index in [4.69, 9.17) is 5.21 Å². The van der Waals surface area contributed by atoms with Gasteiger partial charge in [0.25, 0.3) is 5.91 Å². The number of halogens is 1. The molecule has 1 fully saturated rings. The van der Waals surface area contributed by atoms with Crippen LogP contribution >= 0.6 is 0 Å². The van der Waals surface area contributed by atoms with Crippen LogP contribution in [0.2, 0.25) is 0 Å². The lowest BCUT2D eigenvalue weighted by Crippen LogP contribution is -2.48. The van der Waals surface area contributed by atoms with Crippen LogP contribution in [0, 0.1) is 5.82 Å². The number of amides is 2. The number of piperazine rings is 1. The molecule has 29 heavy (non-hydrogen) atoms. The van der Waals surface area contributed by atoms with E-state index in [2.05, 4.69) is 9.88 Å². The number of anilines is 1. The van der Waals surface area contributed by atoms with Crippen molar-refractivity contribution < 1.29 is 19.2 Å². The molecule has 0 unspecified atom stereocenters. The van der Waals surface area contributed by atoms with Gasteiger partial charge in [-0.05, 0) is 48.6 Å². The molecule has 0 atom stereocenters. The number of benzene rings is 1. The molecule has 0 bridgehead atoms. The van der Waals surface area contributed by atoms with Crippen LogP contribution in [-0.2, 0) is 9.59 Å². The number of hydroxylamine groups is 1. The molecule has 8 heteroatoms. The van der Waals surface area contributed by atoms with Crippen LogP contribution < -0.4 is 10.4 Å². The maximum Gasteiger partial charge on any atom is 0.267 e. The summed E-state index contributed by atoms with van der Waals surface area (Å²) in [5.41, 5.74) is 3.55. The molecule has 1 aromatic heterocycles. The summed E-state index contributed by atoms with van der Waals surface area (Å²) in [6.07, 6.45) is 5.71. The summed E-state index contributed by atoms with van der Waals surface area (Å²) >= 11 is 0. The topological polar surface area (TPSA) is 85.8 Å². The molecule has 1 saturated heterocycles. The Kier molecular flexibility index (Phi) is 6.70. The lowest BCUT2D eigenvalue weighted by molar-refractivity contribution is -0.126. The zero-order valence-electron chi connectivity index (χ0n) is 15.7. The molecule has 150 valence electrons. The number of hydrogen-bond donors (Lipinski definition) is 2. The first kappa shape index (κ1) is 20.2. The van der Waals surface area contributed by atoms with Gasteiger partial charge in [0.2, 0.25) is 5.91 Å². The third-order valence-electron chi connectivity index (χ3n) is 4.49. The van der Waals surface area contributed by atoms with Gasteiger partial charge in [-0.15, -0.1) is 0 Å². The maximum absolute atomic E-state index is 13.1. The van der Waals surface area contributed by atoms with E-state index in [-0.39, 0.29) is 11.7 Å². The molecular formula is C21H21FN4O3. The molecule has 0 radical (unpaired) electrons. The van der Waals surface area contributed by atoms with Crippen LogP contribution in [0.25, 0.3) is 12.2 Å². The lowest BCUT2D eigenvalue weighted by Gasteiger charge is -2.35. The van der Waals surface area contributed by atoms with Crippen molar-refractivity contribution in [3.63, 3.8) is 0 Å². The highest BCUT2D eigenvalue weighted by Crippen LogP contribution is 2.17. The summed E-state index contributed by atoms with van der Waals surface area (Å²) in [4.78, 5) is 31.7. The second-order valence-corrected chi connectivity index (χ2v) is 6.42. The molecule has 2 amide bonds. The summed E-state index contributed by atoms with van der Waals surface area (Å²) in [6, 6.07) is 11.6. The van der Waals surface area contributed by atoms with Crippen molar-refractivity contribution in [2.75, 3.05) is 31.1 Å². The monoisotopic (exact) mass is 396 g/mol. The molecule has 0 aliphatic carbocycles. The highest BCUT2D eigenvalue weighted by molar-refractivity contribution is 5.92. The first-order valence-corrected chi connectivity index (χ1v) is 9.12. The predicted octanol–water partition coefficient (Wildman–Crippen LogP) is 2.10. The summed E-state index contributed by atoms with van der Waals surface area (Å²) in [7, 11) is 0. The van der Waals surface area contributed by atoms with Crippen molar-refractivity contribution in [2.24, 2.45) is 0 Å². The SMILES string of the molecule is O=C(C=Cc1cccc(C=CC(=O)N2CCN(c3ccc(F)cc3)CC2)n1)NO. The van der Waals surface area contributed by atoms with Crippen molar-refractivity contribution in [3.8, 4) is 0 Å². The van der Waals surface area contributed by atoms with E-state index in [0.717, 1.165) is 11.8 Å². The number of pyridine rings is 1. The van der Waals surface area contributed by atoms with Crippen LogP contribution in [0.15, 0.2) is 54.6 Å². The number of nitrogens with one attached hydrogen (secondary N) is 1. The van der Waals surface area contributed by atoms with Gasteiger partial charge >= 0.3 is 0 Å². The summed E-state index contributed by atoms with van der Waals surface area (Å²) in [6.45, 7) is 2.51. The van der Waals surface area contributed by atoms with Crippen molar-refractivity contribution in [2.45, 2.75) is 0 Å². The van der Waals surface area contributed by atoms with E-state index < -0.39 is 5.91 Å². The fraction of sp³-hybridized carbons (Fsp3) is 0.190. The van der Waals surface area contributed by atoms with E-state index in [0.29, 0.717) is 37.6 Å². The highest BCUT2D eigenvalue weighted by atomic mass is 19.1. The summed E-state index contributed by atoms with van der Waals surface area (Å²) in [5.74, 6) is -1.02. The minimum absolute atomic E-state index is 0.105. The van der Waals surface area contributed by atoms with Gasteiger partial charge in [-0.1, -0.05) is 6.07 Å². The first-order valence-electron chi connectivity index (χ1n) is 9.12. The largest absolute Gasteiger partial charge is 0.368 e. The van der Waals surface area contributed by atoms with Crippen molar-refractivity contribution in [1.82, 2.24) is 15.4 Å². The normalized spacial score (nSPS) is 14.6. The molecule has 1 aromatic carbocycles. The Morgan fingerprint density at radius 1 is 0.966 bits per heavy atom. The van der Waals surface area contributed by atoms with Gasteiger partial charge in [-0.25, -0.2) is 14.9 Å². The van der Waals surface area contributed by atoms with Crippen molar-refractivity contribution >= 4 is 29.7 Å². The standard InChI is InChI=1S/C21H21FN4O3/c22-16-4-8-19(9-5-16)25-12-14-26(15-13-25)21(28)11-7-18-3-1-2-17(23-18)6-10-20(27)24-29/h1-11,29H,12-15H2,(H,24,27). The van der Waals surface area contributed by atoms with Crippen molar-refractivity contribution in [3.05, 3.63) is 71.8 Å².